The van der Waals surface area contributed by atoms with Crippen molar-refractivity contribution in [2.75, 3.05) is 28.8 Å². The normalized spacial score (nSPS) is 11.8. The van der Waals surface area contributed by atoms with E-state index in [1.165, 1.54) is 12.3 Å². The van der Waals surface area contributed by atoms with Crippen molar-refractivity contribution in [2.24, 2.45) is 5.73 Å². The van der Waals surface area contributed by atoms with Crippen LogP contribution in [0, 0.1) is 0 Å². The molecule has 1 atom stereocenters. The van der Waals surface area contributed by atoms with Gasteiger partial charge in [0.1, 0.15) is 5.82 Å². The van der Waals surface area contributed by atoms with Crippen LogP contribution in [-0.4, -0.2) is 37.1 Å². The topological polar surface area (TPSA) is 148 Å². The molecular formula is C23H26N6O4S. The first-order chi connectivity index (χ1) is 16.2. The Labute approximate surface area is 198 Å². The lowest BCUT2D eigenvalue weighted by Gasteiger charge is -2.18. The molecule has 0 saturated carbocycles. The molecule has 0 bridgehead atoms. The molecule has 0 aliphatic rings. The van der Waals surface area contributed by atoms with E-state index >= 15 is 0 Å². The zero-order valence-corrected chi connectivity index (χ0v) is 19.6. The molecule has 1 aromatic heterocycles. The molecular weight excluding hydrogens is 456 g/mol. The van der Waals surface area contributed by atoms with E-state index in [0.717, 1.165) is 11.8 Å². The van der Waals surface area contributed by atoms with Crippen molar-refractivity contribution < 1.29 is 17.4 Å². The number of nitrogens with one attached hydrogen (secondary N) is 3. The van der Waals surface area contributed by atoms with E-state index in [4.69, 9.17) is 9.92 Å². The van der Waals surface area contributed by atoms with Crippen molar-refractivity contribution in [1.29, 1.82) is 0 Å². The predicted molar refractivity (Wildman–Crippen MR) is 133 cm³/mol. The van der Waals surface area contributed by atoms with E-state index in [0.29, 0.717) is 17.9 Å². The van der Waals surface area contributed by atoms with E-state index in [9.17, 15) is 13.2 Å². The van der Waals surface area contributed by atoms with E-state index in [-0.39, 0.29) is 29.1 Å². The van der Waals surface area contributed by atoms with Crippen LogP contribution in [0.1, 0.15) is 28.9 Å². The van der Waals surface area contributed by atoms with Crippen molar-refractivity contribution in [1.82, 2.24) is 9.97 Å². The first kappa shape index (κ1) is 24.5. The van der Waals surface area contributed by atoms with Gasteiger partial charge in [-0.1, -0.05) is 36.4 Å². The largest absolute Gasteiger partial charge is 0.380 e. The summed E-state index contributed by atoms with van der Waals surface area (Å²) < 4.78 is 28.2. The number of amides is 1. The molecule has 0 spiro atoms. The summed E-state index contributed by atoms with van der Waals surface area (Å²) in [6, 6.07) is 14.3. The van der Waals surface area contributed by atoms with Gasteiger partial charge in [0.25, 0.3) is 5.91 Å². The van der Waals surface area contributed by atoms with Gasteiger partial charge in [-0.2, -0.15) is 13.4 Å². The fourth-order valence-corrected chi connectivity index (χ4v) is 3.53. The number of hydrogen-bond acceptors (Lipinski definition) is 9. The second kappa shape index (κ2) is 10.7. The van der Waals surface area contributed by atoms with Crippen LogP contribution in [0.5, 0.6) is 5.75 Å². The average Bonchev–Trinajstić information content (AvgIpc) is 2.78. The monoisotopic (exact) mass is 482 g/mol. The lowest BCUT2D eigenvalue weighted by atomic mass is 10.1. The van der Waals surface area contributed by atoms with Gasteiger partial charge >= 0.3 is 10.1 Å². The van der Waals surface area contributed by atoms with Gasteiger partial charge in [0.15, 0.2) is 5.75 Å². The highest BCUT2D eigenvalue weighted by Crippen LogP contribution is 2.30. The number of hydrogen-bond donors (Lipinski definition) is 4. The molecule has 0 fully saturated rings. The molecule has 0 aliphatic heterocycles. The van der Waals surface area contributed by atoms with Crippen LogP contribution in [0.4, 0.5) is 23.1 Å². The minimum atomic E-state index is -3.71. The zero-order valence-electron chi connectivity index (χ0n) is 18.8. The summed E-state index contributed by atoms with van der Waals surface area (Å²) in [5.41, 5.74) is 7.65. The molecule has 1 heterocycles. The van der Waals surface area contributed by atoms with E-state index < -0.39 is 16.0 Å². The van der Waals surface area contributed by atoms with Gasteiger partial charge < -0.3 is 25.9 Å². The van der Waals surface area contributed by atoms with Gasteiger partial charge in [-0.3, -0.25) is 4.79 Å². The molecule has 10 nitrogen and oxygen atoms in total. The fourth-order valence-electron chi connectivity index (χ4n) is 3.06. The predicted octanol–water partition coefficient (Wildman–Crippen LogP) is 3.43. The second-order valence-electron chi connectivity index (χ2n) is 7.39. The molecule has 11 heteroatoms. The Hall–Kier alpha value is -4.12. The number of nitrogens with zero attached hydrogens (tertiary/aromatic N) is 2. The highest BCUT2D eigenvalue weighted by atomic mass is 32.2. The van der Waals surface area contributed by atoms with E-state index in [1.54, 1.807) is 18.2 Å². The van der Waals surface area contributed by atoms with Crippen LogP contribution in [-0.2, 0) is 10.1 Å². The second-order valence-corrected chi connectivity index (χ2v) is 8.96. The van der Waals surface area contributed by atoms with Gasteiger partial charge in [-0.15, -0.1) is 6.58 Å². The van der Waals surface area contributed by atoms with Crippen LogP contribution in [0.15, 0.2) is 67.4 Å². The SMILES string of the molecule is C=CCNc1cc(Nc2ncc(C(N)=O)c(N[C@H](C)c3ccccc3)n2)ccc1OS(C)(=O)=O. The first-order valence-electron chi connectivity index (χ1n) is 10.3. The maximum Gasteiger partial charge on any atom is 0.306 e. The molecule has 3 aromatic rings. The summed E-state index contributed by atoms with van der Waals surface area (Å²) in [4.78, 5) is 20.5. The first-order valence-corrected chi connectivity index (χ1v) is 12.1. The lowest BCUT2D eigenvalue weighted by molar-refractivity contribution is 0.100. The van der Waals surface area contributed by atoms with Crippen molar-refractivity contribution in [3.05, 3.63) is 78.5 Å². The minimum Gasteiger partial charge on any atom is -0.380 e. The van der Waals surface area contributed by atoms with Crippen LogP contribution in [0.2, 0.25) is 0 Å². The van der Waals surface area contributed by atoms with Gasteiger partial charge in [0, 0.05) is 24.5 Å². The highest BCUT2D eigenvalue weighted by Gasteiger charge is 2.16. The molecule has 0 radical (unpaired) electrons. The van der Waals surface area contributed by atoms with Crippen molar-refractivity contribution in [3.63, 3.8) is 0 Å². The highest BCUT2D eigenvalue weighted by molar-refractivity contribution is 7.86. The Balaban J connectivity index is 1.89. The Morgan fingerprint density at radius 3 is 2.62 bits per heavy atom. The van der Waals surface area contributed by atoms with Crippen molar-refractivity contribution >= 4 is 39.2 Å². The molecule has 0 aliphatic carbocycles. The molecule has 178 valence electrons. The van der Waals surface area contributed by atoms with Gasteiger partial charge in [-0.25, -0.2) is 4.98 Å². The van der Waals surface area contributed by atoms with Crippen LogP contribution in [0.25, 0.3) is 0 Å². The van der Waals surface area contributed by atoms with Gasteiger partial charge in [0.2, 0.25) is 5.95 Å². The maximum absolute atomic E-state index is 11.9. The molecule has 34 heavy (non-hydrogen) atoms. The summed E-state index contributed by atoms with van der Waals surface area (Å²) >= 11 is 0. The zero-order chi connectivity index (χ0) is 24.7. The maximum atomic E-state index is 11.9. The molecule has 1 amide bonds. The van der Waals surface area contributed by atoms with E-state index in [2.05, 4.69) is 32.5 Å². The van der Waals surface area contributed by atoms with Crippen LogP contribution < -0.4 is 25.9 Å². The Bertz CT molecular complexity index is 1280. The number of nitrogens with two attached hydrogens (primary N) is 1. The lowest BCUT2D eigenvalue weighted by Crippen LogP contribution is -2.18. The average molecular weight is 483 g/mol. The third kappa shape index (κ3) is 6.69. The number of primary amides is 1. The quantitative estimate of drug-likeness (QED) is 0.238. The third-order valence-corrected chi connectivity index (χ3v) is 5.10. The number of rotatable bonds is 11. The van der Waals surface area contributed by atoms with Crippen molar-refractivity contribution in [2.45, 2.75) is 13.0 Å². The Kier molecular flexibility index (Phi) is 7.69. The summed E-state index contributed by atoms with van der Waals surface area (Å²) in [6.45, 7) is 5.97. The number of anilines is 4. The smallest absolute Gasteiger partial charge is 0.306 e. The number of benzene rings is 2. The molecule has 0 unspecified atom stereocenters. The van der Waals surface area contributed by atoms with Crippen LogP contribution in [0.3, 0.4) is 0 Å². The number of carbonyl (C=O) groups excluding carboxylic acids is 1. The molecule has 3 rings (SSSR count). The molecule has 2 aromatic carbocycles. The fraction of sp³-hybridized carbons (Fsp3) is 0.174. The van der Waals surface area contributed by atoms with Gasteiger partial charge in [0.05, 0.1) is 17.5 Å². The third-order valence-electron chi connectivity index (χ3n) is 4.62. The Morgan fingerprint density at radius 2 is 1.97 bits per heavy atom. The minimum absolute atomic E-state index is 0.138. The van der Waals surface area contributed by atoms with Gasteiger partial charge in [-0.05, 0) is 30.7 Å². The van der Waals surface area contributed by atoms with Crippen LogP contribution >= 0.6 is 0 Å². The molecule has 5 N–H and O–H groups in total. The number of carbonyl (C=O) groups is 1. The standard InChI is InChI=1S/C23H26N6O4S/c1-4-12-25-19-13-17(10-11-20(19)33-34(3,31)32)28-23-26-14-18(21(24)30)22(29-23)27-15(2)16-8-6-5-7-9-16/h4-11,13-15,25H,1,12H2,2-3H3,(H2,24,30)(H2,26,27,28,29)/t15-/m1/s1. The summed E-state index contributed by atoms with van der Waals surface area (Å²) in [6.07, 6.45) is 3.94. The van der Waals surface area contributed by atoms with E-state index in [1.807, 2.05) is 37.3 Å². The van der Waals surface area contributed by atoms with Crippen molar-refractivity contribution in [3.8, 4) is 5.75 Å². The Morgan fingerprint density at radius 1 is 1.24 bits per heavy atom. The molecule has 0 saturated heterocycles. The summed E-state index contributed by atoms with van der Waals surface area (Å²) in [5, 5.41) is 9.28. The summed E-state index contributed by atoms with van der Waals surface area (Å²) in [7, 11) is -3.71. The summed E-state index contributed by atoms with van der Waals surface area (Å²) in [5.74, 6) is -0.0333. The number of aromatic nitrogens is 2.